The summed E-state index contributed by atoms with van der Waals surface area (Å²) in [6, 6.07) is 11.3. The van der Waals surface area contributed by atoms with E-state index in [0.717, 1.165) is 16.9 Å². The van der Waals surface area contributed by atoms with E-state index in [1.807, 2.05) is 37.3 Å². The fraction of sp³-hybridized carbons (Fsp3) is 0.368. The number of hydrogen-bond acceptors (Lipinski definition) is 7. The average molecular weight is 355 g/mol. The van der Waals surface area contributed by atoms with E-state index >= 15 is 0 Å². The van der Waals surface area contributed by atoms with Crippen molar-refractivity contribution in [3.05, 3.63) is 59.4 Å². The van der Waals surface area contributed by atoms with Gasteiger partial charge in [-0.25, -0.2) is 0 Å². The van der Waals surface area contributed by atoms with Crippen LogP contribution in [0, 0.1) is 6.92 Å². The third-order valence-electron chi connectivity index (χ3n) is 4.62. The van der Waals surface area contributed by atoms with Crippen molar-refractivity contribution in [2.24, 2.45) is 0 Å². The van der Waals surface area contributed by atoms with Crippen molar-refractivity contribution in [1.82, 2.24) is 15.0 Å². The molecule has 1 fully saturated rings. The Bertz CT molecular complexity index is 888. The summed E-state index contributed by atoms with van der Waals surface area (Å²) >= 11 is 0. The summed E-state index contributed by atoms with van der Waals surface area (Å²) in [5, 5.41) is 23.4. The normalized spacial score (nSPS) is 20.7. The van der Waals surface area contributed by atoms with Crippen molar-refractivity contribution >= 4 is 0 Å². The third kappa shape index (κ3) is 3.41. The van der Waals surface area contributed by atoms with Gasteiger partial charge in [-0.3, -0.25) is 4.90 Å². The maximum Gasteiger partial charge on any atom is 0.244 e. The molecule has 2 unspecified atom stereocenters. The van der Waals surface area contributed by atoms with Crippen LogP contribution in [0.3, 0.4) is 0 Å². The second-order valence-corrected chi connectivity index (χ2v) is 6.69. The van der Waals surface area contributed by atoms with E-state index in [1.54, 1.807) is 6.07 Å². The van der Waals surface area contributed by atoms with Crippen LogP contribution in [0.5, 0.6) is 0 Å². The highest BCUT2D eigenvalue weighted by Crippen LogP contribution is 2.33. The quantitative estimate of drug-likeness (QED) is 0.726. The van der Waals surface area contributed by atoms with E-state index in [2.05, 4.69) is 15.0 Å². The fourth-order valence-electron chi connectivity index (χ4n) is 3.38. The van der Waals surface area contributed by atoms with Gasteiger partial charge in [0.2, 0.25) is 11.7 Å². The second-order valence-electron chi connectivity index (χ2n) is 6.69. The number of β-amino-alcohol motifs (C(OH)–C–C–N with tert-alkyl or cyclic N) is 1. The lowest BCUT2D eigenvalue weighted by Gasteiger charge is -2.19. The fourth-order valence-corrected chi connectivity index (χ4v) is 3.38. The highest BCUT2D eigenvalue weighted by Gasteiger charge is 2.36. The molecule has 4 rings (SSSR count). The second kappa shape index (κ2) is 7.03. The Kier molecular flexibility index (Phi) is 4.58. The van der Waals surface area contributed by atoms with E-state index in [1.165, 1.54) is 0 Å². The zero-order chi connectivity index (χ0) is 18.1. The summed E-state index contributed by atoms with van der Waals surface area (Å²) in [7, 11) is 0. The van der Waals surface area contributed by atoms with Crippen LogP contribution >= 0.6 is 0 Å². The minimum Gasteiger partial charge on any atom is -0.462 e. The number of likely N-dealkylation sites (tertiary alicyclic amines) is 1. The summed E-state index contributed by atoms with van der Waals surface area (Å²) in [5.74, 6) is 2.29. The zero-order valence-electron chi connectivity index (χ0n) is 14.5. The first-order valence-corrected chi connectivity index (χ1v) is 8.63. The lowest BCUT2D eigenvalue weighted by Crippen LogP contribution is -2.24. The van der Waals surface area contributed by atoms with Gasteiger partial charge in [0.1, 0.15) is 18.1 Å². The summed E-state index contributed by atoms with van der Waals surface area (Å²) in [4.78, 5) is 6.60. The monoisotopic (exact) mass is 355 g/mol. The number of aliphatic hydroxyl groups excluding tert-OH is 2. The standard InChI is InChI=1S/C19H21N3O4/c1-12-3-2-4-13(7-12)18-20-19(26-21-18)17-8-14(24)9-22(17)10-15-5-6-16(11-23)25-15/h2-7,14,17,23-24H,8-11H2,1H3. The van der Waals surface area contributed by atoms with Crippen LogP contribution in [-0.2, 0) is 13.2 Å². The van der Waals surface area contributed by atoms with E-state index in [4.69, 9.17) is 14.0 Å². The van der Waals surface area contributed by atoms with Gasteiger partial charge in [0, 0.05) is 12.1 Å². The first kappa shape index (κ1) is 17.0. The molecule has 1 saturated heterocycles. The molecule has 1 aliphatic heterocycles. The van der Waals surface area contributed by atoms with Gasteiger partial charge in [-0.15, -0.1) is 0 Å². The Labute approximate surface area is 150 Å². The number of rotatable bonds is 5. The summed E-state index contributed by atoms with van der Waals surface area (Å²) < 4.78 is 11.1. The lowest BCUT2D eigenvalue weighted by molar-refractivity contribution is 0.160. The van der Waals surface area contributed by atoms with Gasteiger partial charge in [-0.1, -0.05) is 28.9 Å². The van der Waals surface area contributed by atoms with Gasteiger partial charge in [-0.05, 0) is 31.5 Å². The molecular formula is C19H21N3O4. The average Bonchev–Trinajstić information content (AvgIpc) is 3.35. The van der Waals surface area contributed by atoms with Crippen molar-refractivity contribution in [1.29, 1.82) is 0 Å². The van der Waals surface area contributed by atoms with Crippen LogP contribution in [0.15, 0.2) is 45.3 Å². The molecular weight excluding hydrogens is 334 g/mol. The Hall–Kier alpha value is -2.48. The lowest BCUT2D eigenvalue weighted by atomic mass is 10.1. The van der Waals surface area contributed by atoms with Crippen LogP contribution in [-0.4, -0.2) is 37.9 Å². The number of nitrogens with zero attached hydrogens (tertiary/aromatic N) is 3. The first-order chi connectivity index (χ1) is 12.6. The highest BCUT2D eigenvalue weighted by atomic mass is 16.5. The third-order valence-corrected chi connectivity index (χ3v) is 4.62. The molecule has 0 spiro atoms. The molecule has 26 heavy (non-hydrogen) atoms. The summed E-state index contributed by atoms with van der Waals surface area (Å²) in [6.07, 6.45) is 0.0739. The van der Waals surface area contributed by atoms with Gasteiger partial charge in [0.25, 0.3) is 0 Å². The summed E-state index contributed by atoms with van der Waals surface area (Å²) in [6.45, 7) is 2.89. The predicted molar refractivity (Wildman–Crippen MR) is 92.9 cm³/mol. The Morgan fingerprint density at radius 1 is 1.23 bits per heavy atom. The Balaban J connectivity index is 1.55. The molecule has 3 aromatic rings. The number of aryl methyl sites for hydroxylation is 1. The first-order valence-electron chi connectivity index (χ1n) is 8.63. The topological polar surface area (TPSA) is 95.8 Å². The predicted octanol–water partition coefficient (Wildman–Crippen LogP) is 2.44. The molecule has 2 aromatic heterocycles. The smallest absolute Gasteiger partial charge is 0.244 e. The molecule has 7 heteroatoms. The van der Waals surface area contributed by atoms with Crippen molar-refractivity contribution in [3.8, 4) is 11.4 Å². The molecule has 7 nitrogen and oxygen atoms in total. The number of benzene rings is 1. The Morgan fingerprint density at radius 2 is 2.08 bits per heavy atom. The SMILES string of the molecule is Cc1cccc(-c2noc(C3CC(O)CN3Cc3ccc(CO)o3)n2)c1. The number of furan rings is 1. The van der Waals surface area contributed by atoms with Gasteiger partial charge in [-0.2, -0.15) is 4.98 Å². The number of aliphatic hydroxyl groups is 2. The van der Waals surface area contributed by atoms with Gasteiger partial charge >= 0.3 is 0 Å². The van der Waals surface area contributed by atoms with E-state index in [9.17, 15) is 5.11 Å². The molecule has 1 aromatic carbocycles. The van der Waals surface area contributed by atoms with Crippen LogP contribution in [0.4, 0.5) is 0 Å². The molecule has 0 bridgehead atoms. The molecule has 2 N–H and O–H groups in total. The maximum absolute atomic E-state index is 10.1. The van der Waals surface area contributed by atoms with Gasteiger partial charge in [0.15, 0.2) is 0 Å². The van der Waals surface area contributed by atoms with Crippen LogP contribution in [0.1, 0.15) is 35.4 Å². The van der Waals surface area contributed by atoms with E-state index in [-0.39, 0.29) is 12.6 Å². The minimum atomic E-state index is -0.457. The highest BCUT2D eigenvalue weighted by molar-refractivity contribution is 5.55. The van der Waals surface area contributed by atoms with E-state index < -0.39 is 6.10 Å². The van der Waals surface area contributed by atoms with Crippen molar-refractivity contribution in [2.75, 3.05) is 6.54 Å². The number of hydrogen-bond donors (Lipinski definition) is 2. The molecule has 0 aliphatic carbocycles. The molecule has 0 radical (unpaired) electrons. The van der Waals surface area contributed by atoms with Crippen LogP contribution in [0.2, 0.25) is 0 Å². The maximum atomic E-state index is 10.1. The molecule has 3 heterocycles. The number of aromatic nitrogens is 2. The molecule has 1 aliphatic rings. The van der Waals surface area contributed by atoms with Crippen molar-refractivity contribution < 1.29 is 19.2 Å². The van der Waals surface area contributed by atoms with Gasteiger partial charge < -0.3 is 19.2 Å². The summed E-state index contributed by atoms with van der Waals surface area (Å²) in [5.41, 5.74) is 2.04. The molecule has 136 valence electrons. The van der Waals surface area contributed by atoms with Crippen molar-refractivity contribution in [3.63, 3.8) is 0 Å². The Morgan fingerprint density at radius 3 is 2.85 bits per heavy atom. The largest absolute Gasteiger partial charge is 0.462 e. The molecule has 2 atom stereocenters. The van der Waals surface area contributed by atoms with Gasteiger partial charge in [0.05, 0.1) is 18.7 Å². The van der Waals surface area contributed by atoms with E-state index in [0.29, 0.717) is 37.0 Å². The van der Waals surface area contributed by atoms with Crippen LogP contribution in [0.25, 0.3) is 11.4 Å². The molecule has 0 amide bonds. The van der Waals surface area contributed by atoms with Crippen LogP contribution < -0.4 is 0 Å². The zero-order valence-corrected chi connectivity index (χ0v) is 14.5. The molecule has 0 saturated carbocycles. The van der Waals surface area contributed by atoms with Crippen molar-refractivity contribution in [2.45, 2.75) is 38.6 Å². The minimum absolute atomic E-state index is 0.129.